The maximum Gasteiger partial charge on any atom is 0.271 e. The second-order valence-electron chi connectivity index (χ2n) is 2.93. The molecule has 1 aromatic rings. The molecule has 76 valence electrons. The van der Waals surface area contributed by atoms with Crippen molar-refractivity contribution in [1.82, 2.24) is 14.9 Å². The van der Waals surface area contributed by atoms with Crippen LogP contribution in [-0.2, 0) is 11.3 Å². The minimum absolute atomic E-state index is 0.0774. The van der Waals surface area contributed by atoms with E-state index in [1.807, 2.05) is 0 Å². The Balaban J connectivity index is 2.73. The lowest BCUT2D eigenvalue weighted by molar-refractivity contribution is -0.120. The van der Waals surface area contributed by atoms with E-state index >= 15 is 0 Å². The van der Waals surface area contributed by atoms with Gasteiger partial charge in [0.25, 0.3) is 5.56 Å². The summed E-state index contributed by atoms with van der Waals surface area (Å²) in [7, 11) is 1.57. The molecule has 0 bridgehead atoms. The van der Waals surface area contributed by atoms with Crippen LogP contribution in [0.2, 0.25) is 0 Å². The summed E-state index contributed by atoms with van der Waals surface area (Å²) in [5.74, 6) is -0.0774. The average Bonchev–Trinajstić information content (AvgIpc) is 2.20. The van der Waals surface area contributed by atoms with Gasteiger partial charge in [-0.1, -0.05) is 0 Å². The molecule has 5 heteroatoms. The van der Waals surface area contributed by atoms with Gasteiger partial charge in [-0.15, -0.1) is 0 Å². The van der Waals surface area contributed by atoms with Crippen LogP contribution in [0.4, 0.5) is 0 Å². The largest absolute Gasteiger partial charge is 0.359 e. The Morgan fingerprint density at radius 1 is 1.64 bits per heavy atom. The van der Waals surface area contributed by atoms with E-state index in [1.165, 1.54) is 4.57 Å². The molecule has 0 radical (unpaired) electrons. The smallest absolute Gasteiger partial charge is 0.271 e. The van der Waals surface area contributed by atoms with Gasteiger partial charge in [0.15, 0.2) is 0 Å². The van der Waals surface area contributed by atoms with Crippen LogP contribution in [0.3, 0.4) is 0 Å². The van der Waals surface area contributed by atoms with Crippen LogP contribution in [0.5, 0.6) is 0 Å². The molecule has 0 aromatic carbocycles. The van der Waals surface area contributed by atoms with Gasteiger partial charge in [0.05, 0.1) is 0 Å². The Morgan fingerprint density at radius 3 is 3.00 bits per heavy atom. The Labute approximate surface area is 81.8 Å². The van der Waals surface area contributed by atoms with Crippen molar-refractivity contribution in [1.29, 1.82) is 0 Å². The summed E-state index contributed by atoms with van der Waals surface area (Å²) in [6.45, 7) is 2.04. The normalized spacial score (nSPS) is 9.86. The van der Waals surface area contributed by atoms with E-state index < -0.39 is 0 Å². The molecule has 0 aliphatic rings. The van der Waals surface area contributed by atoms with Gasteiger partial charge >= 0.3 is 0 Å². The number of carbonyl (C=O) groups excluding carboxylic acids is 1. The molecule has 0 fully saturated rings. The van der Waals surface area contributed by atoms with Crippen LogP contribution in [0.1, 0.15) is 12.1 Å². The fraction of sp³-hybridized carbons (Fsp3) is 0.444. The SMILES string of the molecule is CNC(=O)CCn1ccnc(C)c1=O. The first kappa shape index (κ1) is 10.4. The molecular weight excluding hydrogens is 182 g/mol. The van der Waals surface area contributed by atoms with E-state index in [-0.39, 0.29) is 11.5 Å². The first-order valence-electron chi connectivity index (χ1n) is 4.37. The lowest BCUT2D eigenvalue weighted by Gasteiger charge is -2.04. The van der Waals surface area contributed by atoms with Gasteiger partial charge in [0.1, 0.15) is 5.69 Å². The van der Waals surface area contributed by atoms with Crippen molar-refractivity contribution in [2.45, 2.75) is 19.9 Å². The van der Waals surface area contributed by atoms with E-state index in [0.29, 0.717) is 18.7 Å². The molecule has 0 spiro atoms. The van der Waals surface area contributed by atoms with Crippen LogP contribution >= 0.6 is 0 Å². The summed E-state index contributed by atoms with van der Waals surface area (Å²) in [5.41, 5.74) is 0.306. The molecule has 0 atom stereocenters. The highest BCUT2D eigenvalue weighted by molar-refractivity contribution is 5.75. The summed E-state index contributed by atoms with van der Waals surface area (Å²) in [6.07, 6.45) is 3.44. The third kappa shape index (κ3) is 2.42. The fourth-order valence-electron chi connectivity index (χ4n) is 1.08. The third-order valence-electron chi connectivity index (χ3n) is 1.94. The first-order valence-corrected chi connectivity index (χ1v) is 4.37. The van der Waals surface area contributed by atoms with E-state index in [4.69, 9.17) is 0 Å². The zero-order valence-corrected chi connectivity index (χ0v) is 8.28. The molecule has 0 unspecified atom stereocenters. The highest BCUT2D eigenvalue weighted by Gasteiger charge is 2.02. The summed E-state index contributed by atoms with van der Waals surface area (Å²) < 4.78 is 1.48. The van der Waals surface area contributed by atoms with Gasteiger partial charge in [-0.3, -0.25) is 14.6 Å². The number of aryl methyl sites for hydroxylation is 2. The van der Waals surface area contributed by atoms with Crippen molar-refractivity contribution in [2.75, 3.05) is 7.05 Å². The molecule has 1 aromatic heterocycles. The fourth-order valence-corrected chi connectivity index (χ4v) is 1.08. The number of aromatic nitrogens is 2. The van der Waals surface area contributed by atoms with E-state index in [2.05, 4.69) is 10.3 Å². The monoisotopic (exact) mass is 195 g/mol. The maximum atomic E-state index is 11.4. The lowest BCUT2D eigenvalue weighted by atomic mass is 10.4. The molecule has 0 saturated heterocycles. The lowest BCUT2D eigenvalue weighted by Crippen LogP contribution is -2.26. The Morgan fingerprint density at radius 2 is 2.36 bits per heavy atom. The third-order valence-corrected chi connectivity index (χ3v) is 1.94. The molecule has 1 heterocycles. The second-order valence-corrected chi connectivity index (χ2v) is 2.93. The summed E-state index contributed by atoms with van der Waals surface area (Å²) in [5, 5.41) is 2.50. The number of amides is 1. The van der Waals surface area contributed by atoms with Crippen molar-refractivity contribution < 1.29 is 4.79 Å². The number of hydrogen-bond donors (Lipinski definition) is 1. The van der Waals surface area contributed by atoms with Gasteiger partial charge in [0.2, 0.25) is 5.91 Å². The molecular formula is C9H13N3O2. The van der Waals surface area contributed by atoms with Crippen molar-refractivity contribution in [3.63, 3.8) is 0 Å². The first-order chi connectivity index (χ1) is 6.65. The Kier molecular flexibility index (Phi) is 3.39. The zero-order chi connectivity index (χ0) is 10.6. The number of nitrogens with one attached hydrogen (secondary N) is 1. The van der Waals surface area contributed by atoms with Crippen molar-refractivity contribution in [2.24, 2.45) is 0 Å². The zero-order valence-electron chi connectivity index (χ0n) is 8.28. The molecule has 1 amide bonds. The van der Waals surface area contributed by atoms with Gasteiger partial charge in [-0.25, -0.2) is 0 Å². The molecule has 1 N–H and O–H groups in total. The van der Waals surface area contributed by atoms with Crippen molar-refractivity contribution in [3.05, 3.63) is 28.4 Å². The average molecular weight is 195 g/mol. The number of nitrogens with zero attached hydrogens (tertiary/aromatic N) is 2. The van der Waals surface area contributed by atoms with Crippen LogP contribution in [0.25, 0.3) is 0 Å². The van der Waals surface area contributed by atoms with Crippen molar-refractivity contribution >= 4 is 5.91 Å². The quantitative estimate of drug-likeness (QED) is 0.719. The van der Waals surface area contributed by atoms with Crippen LogP contribution in [0, 0.1) is 6.92 Å². The molecule has 0 aliphatic carbocycles. The number of rotatable bonds is 3. The van der Waals surface area contributed by atoms with Gasteiger partial charge < -0.3 is 9.88 Å². The minimum atomic E-state index is -0.142. The van der Waals surface area contributed by atoms with E-state index in [9.17, 15) is 9.59 Å². The Hall–Kier alpha value is -1.65. The van der Waals surface area contributed by atoms with E-state index in [1.54, 1.807) is 26.4 Å². The van der Waals surface area contributed by atoms with E-state index in [0.717, 1.165) is 0 Å². The standard InChI is InChI=1S/C9H13N3O2/c1-7-9(14)12(6-4-11-7)5-3-8(13)10-2/h4,6H,3,5H2,1-2H3,(H,10,13). The topological polar surface area (TPSA) is 64.0 Å². The molecule has 14 heavy (non-hydrogen) atoms. The van der Waals surface area contributed by atoms with Gasteiger partial charge in [0, 0.05) is 32.4 Å². The number of hydrogen-bond acceptors (Lipinski definition) is 3. The molecule has 1 rings (SSSR count). The summed E-state index contributed by atoms with van der Waals surface area (Å²) >= 11 is 0. The maximum absolute atomic E-state index is 11.4. The van der Waals surface area contributed by atoms with Gasteiger partial charge in [-0.2, -0.15) is 0 Å². The van der Waals surface area contributed by atoms with Gasteiger partial charge in [-0.05, 0) is 6.92 Å². The van der Waals surface area contributed by atoms with Crippen LogP contribution < -0.4 is 10.9 Å². The minimum Gasteiger partial charge on any atom is -0.359 e. The Bertz CT molecular complexity index is 384. The second kappa shape index (κ2) is 4.55. The number of carbonyl (C=O) groups is 1. The highest BCUT2D eigenvalue weighted by Crippen LogP contribution is 1.88. The predicted molar refractivity (Wildman–Crippen MR) is 51.9 cm³/mol. The molecule has 0 saturated carbocycles. The molecule has 5 nitrogen and oxygen atoms in total. The highest BCUT2D eigenvalue weighted by atomic mass is 16.1. The summed E-state index contributed by atoms with van der Waals surface area (Å²) in [4.78, 5) is 26.2. The van der Waals surface area contributed by atoms with Crippen molar-refractivity contribution in [3.8, 4) is 0 Å². The molecule has 0 aliphatic heterocycles. The van der Waals surface area contributed by atoms with Crippen LogP contribution in [0.15, 0.2) is 17.2 Å². The van der Waals surface area contributed by atoms with Crippen LogP contribution in [-0.4, -0.2) is 22.5 Å². The summed E-state index contributed by atoms with van der Waals surface area (Å²) in [6, 6.07) is 0. The predicted octanol–water partition coefficient (Wildman–Crippen LogP) is -0.312.